The molecule has 0 aliphatic carbocycles. The molecule has 0 saturated carbocycles. The van der Waals surface area contributed by atoms with Crippen molar-refractivity contribution >= 4 is 17.9 Å². The minimum atomic E-state index is -0.607. The molecule has 1 fully saturated rings. The molecular formula is C29H36N4O5. The van der Waals surface area contributed by atoms with Gasteiger partial charge in [-0.2, -0.15) is 0 Å². The average Bonchev–Trinajstić information content (AvgIpc) is 2.91. The zero-order chi connectivity index (χ0) is 27.4. The quantitative estimate of drug-likeness (QED) is 0.563. The first-order valence-corrected chi connectivity index (χ1v) is 12.9. The molecule has 2 aliphatic rings. The van der Waals surface area contributed by atoms with Gasteiger partial charge >= 0.3 is 12.0 Å². The molecule has 1 N–H and O–H groups in total. The maximum Gasteiger partial charge on any atom is 0.338 e. The van der Waals surface area contributed by atoms with Crippen molar-refractivity contribution in [2.45, 2.75) is 32.9 Å². The summed E-state index contributed by atoms with van der Waals surface area (Å²) in [5.41, 5.74) is 3.50. The van der Waals surface area contributed by atoms with Crippen molar-refractivity contribution in [3.05, 3.63) is 76.5 Å². The van der Waals surface area contributed by atoms with Gasteiger partial charge in [-0.25, -0.2) is 9.59 Å². The fourth-order valence-corrected chi connectivity index (χ4v) is 5.13. The van der Waals surface area contributed by atoms with E-state index in [4.69, 9.17) is 9.47 Å². The van der Waals surface area contributed by atoms with Gasteiger partial charge in [0.1, 0.15) is 5.75 Å². The number of likely N-dealkylation sites (N-methyl/N-ethyl adjacent to an activating group) is 1. The van der Waals surface area contributed by atoms with Crippen LogP contribution in [-0.4, -0.2) is 85.6 Å². The van der Waals surface area contributed by atoms with Gasteiger partial charge in [-0.05, 0) is 56.2 Å². The van der Waals surface area contributed by atoms with Gasteiger partial charge in [0, 0.05) is 50.5 Å². The molecule has 2 heterocycles. The Bertz CT molecular complexity index is 1230. The maximum absolute atomic E-state index is 13.3. The Morgan fingerprint density at radius 2 is 1.79 bits per heavy atom. The van der Waals surface area contributed by atoms with E-state index in [0.29, 0.717) is 48.8 Å². The molecule has 0 aromatic heterocycles. The standard InChI is InChI=1S/C29H36N4O5/c1-6-38-28(35)25-24(31(4)29(36)30-26(25)23-10-8-7-9-19(23)2)18-32-15-16-33(20(3)17-32)27(34)21-11-13-22(37-5)14-12-21/h7-14,20,26H,6,15-18H2,1-5H3,(H,30,36)/t20-,26+/m0/s1. The minimum absolute atomic E-state index is 0.0278. The number of carbonyl (C=O) groups excluding carboxylic acids is 3. The van der Waals surface area contributed by atoms with E-state index in [1.807, 2.05) is 43.0 Å². The molecule has 4 rings (SSSR count). The van der Waals surface area contributed by atoms with E-state index in [1.165, 1.54) is 4.90 Å². The molecule has 2 atom stereocenters. The summed E-state index contributed by atoms with van der Waals surface area (Å²) in [5.74, 6) is 0.235. The van der Waals surface area contributed by atoms with Gasteiger partial charge in [-0.15, -0.1) is 0 Å². The fraction of sp³-hybridized carbons (Fsp3) is 0.414. The van der Waals surface area contributed by atoms with Crippen LogP contribution in [0.3, 0.4) is 0 Å². The van der Waals surface area contributed by atoms with Crippen LogP contribution in [0.25, 0.3) is 0 Å². The number of aryl methyl sites for hydroxylation is 1. The van der Waals surface area contributed by atoms with Crippen molar-refractivity contribution in [1.29, 1.82) is 0 Å². The molecule has 9 heteroatoms. The van der Waals surface area contributed by atoms with Gasteiger partial charge in [0.2, 0.25) is 0 Å². The number of methoxy groups -OCH3 is 1. The Morgan fingerprint density at radius 3 is 2.42 bits per heavy atom. The third-order valence-corrected chi connectivity index (χ3v) is 7.25. The van der Waals surface area contributed by atoms with E-state index >= 15 is 0 Å². The van der Waals surface area contributed by atoms with Crippen LogP contribution in [0.4, 0.5) is 4.79 Å². The highest BCUT2D eigenvalue weighted by atomic mass is 16.5. The number of amides is 3. The molecule has 1 saturated heterocycles. The van der Waals surface area contributed by atoms with Crippen LogP contribution < -0.4 is 10.1 Å². The number of nitrogens with one attached hydrogen (secondary N) is 1. The van der Waals surface area contributed by atoms with Crippen molar-refractivity contribution in [1.82, 2.24) is 20.0 Å². The van der Waals surface area contributed by atoms with Crippen LogP contribution in [0.2, 0.25) is 0 Å². The Balaban J connectivity index is 1.59. The topological polar surface area (TPSA) is 91.4 Å². The highest BCUT2D eigenvalue weighted by Crippen LogP contribution is 2.33. The molecular weight excluding hydrogens is 484 g/mol. The fourth-order valence-electron chi connectivity index (χ4n) is 5.13. The van der Waals surface area contributed by atoms with Crippen LogP contribution in [0.15, 0.2) is 59.8 Å². The number of urea groups is 1. The van der Waals surface area contributed by atoms with Crippen LogP contribution in [-0.2, 0) is 9.53 Å². The number of benzene rings is 2. The summed E-state index contributed by atoms with van der Waals surface area (Å²) in [6.45, 7) is 8.11. The molecule has 9 nitrogen and oxygen atoms in total. The van der Waals surface area contributed by atoms with Gasteiger partial charge in [0.05, 0.1) is 25.3 Å². The van der Waals surface area contributed by atoms with Crippen LogP contribution in [0, 0.1) is 6.92 Å². The lowest BCUT2D eigenvalue weighted by molar-refractivity contribution is -0.139. The summed E-state index contributed by atoms with van der Waals surface area (Å²) >= 11 is 0. The van der Waals surface area contributed by atoms with Crippen molar-refractivity contribution in [2.75, 3.05) is 46.9 Å². The highest BCUT2D eigenvalue weighted by molar-refractivity contribution is 5.95. The van der Waals surface area contributed by atoms with Gasteiger partial charge in [0.15, 0.2) is 0 Å². The van der Waals surface area contributed by atoms with Gasteiger partial charge in [-0.1, -0.05) is 24.3 Å². The summed E-state index contributed by atoms with van der Waals surface area (Å²) in [5, 5.41) is 2.98. The molecule has 2 aromatic carbocycles. The summed E-state index contributed by atoms with van der Waals surface area (Å²) in [6, 6.07) is 13.9. The first kappa shape index (κ1) is 27.2. The Kier molecular flexibility index (Phi) is 8.36. The molecule has 0 spiro atoms. The zero-order valence-electron chi connectivity index (χ0n) is 22.7. The predicted octanol–water partition coefficient (Wildman–Crippen LogP) is 3.36. The average molecular weight is 521 g/mol. The third-order valence-electron chi connectivity index (χ3n) is 7.25. The molecule has 0 bridgehead atoms. The van der Waals surface area contributed by atoms with E-state index in [-0.39, 0.29) is 24.6 Å². The van der Waals surface area contributed by atoms with Gasteiger partial charge in [-0.3, -0.25) is 14.6 Å². The third kappa shape index (κ3) is 5.52. The lowest BCUT2D eigenvalue weighted by Gasteiger charge is -2.42. The van der Waals surface area contributed by atoms with Crippen LogP contribution in [0.1, 0.15) is 41.4 Å². The minimum Gasteiger partial charge on any atom is -0.497 e. The molecule has 2 aliphatic heterocycles. The smallest absolute Gasteiger partial charge is 0.338 e. The second-order valence-electron chi connectivity index (χ2n) is 9.69. The van der Waals surface area contributed by atoms with E-state index < -0.39 is 12.0 Å². The van der Waals surface area contributed by atoms with Gasteiger partial charge < -0.3 is 19.7 Å². The van der Waals surface area contributed by atoms with Crippen LogP contribution in [0.5, 0.6) is 5.75 Å². The lowest BCUT2D eigenvalue weighted by atomic mass is 9.91. The molecule has 2 aromatic rings. The Hall–Kier alpha value is -3.85. The first-order chi connectivity index (χ1) is 18.2. The van der Waals surface area contributed by atoms with Crippen molar-refractivity contribution in [2.24, 2.45) is 0 Å². The number of rotatable bonds is 7. The number of nitrogens with zero attached hydrogens (tertiary/aromatic N) is 3. The highest BCUT2D eigenvalue weighted by Gasteiger charge is 2.39. The monoisotopic (exact) mass is 520 g/mol. The zero-order valence-corrected chi connectivity index (χ0v) is 22.7. The largest absolute Gasteiger partial charge is 0.497 e. The number of ether oxygens (including phenoxy) is 2. The maximum atomic E-state index is 13.3. The number of hydrogen-bond donors (Lipinski definition) is 1. The first-order valence-electron chi connectivity index (χ1n) is 12.9. The van der Waals surface area contributed by atoms with E-state index in [9.17, 15) is 14.4 Å². The Labute approximate surface area is 224 Å². The van der Waals surface area contributed by atoms with E-state index in [1.54, 1.807) is 45.3 Å². The lowest BCUT2D eigenvalue weighted by Crippen LogP contribution is -2.56. The van der Waals surface area contributed by atoms with E-state index in [0.717, 1.165) is 11.1 Å². The van der Waals surface area contributed by atoms with Gasteiger partial charge in [0.25, 0.3) is 5.91 Å². The Morgan fingerprint density at radius 1 is 1.08 bits per heavy atom. The van der Waals surface area contributed by atoms with Crippen LogP contribution >= 0.6 is 0 Å². The molecule has 38 heavy (non-hydrogen) atoms. The number of piperazine rings is 1. The van der Waals surface area contributed by atoms with E-state index in [2.05, 4.69) is 10.2 Å². The molecule has 0 unspecified atom stereocenters. The summed E-state index contributed by atoms with van der Waals surface area (Å²) in [4.78, 5) is 45.0. The second kappa shape index (κ2) is 11.7. The summed E-state index contributed by atoms with van der Waals surface area (Å²) in [7, 11) is 3.27. The summed E-state index contributed by atoms with van der Waals surface area (Å²) in [6.07, 6.45) is 0. The number of carbonyl (C=O) groups is 3. The summed E-state index contributed by atoms with van der Waals surface area (Å²) < 4.78 is 10.7. The number of esters is 1. The van der Waals surface area contributed by atoms with Crippen molar-refractivity contribution < 1.29 is 23.9 Å². The second-order valence-corrected chi connectivity index (χ2v) is 9.69. The molecule has 202 valence electrons. The van der Waals surface area contributed by atoms with Crippen molar-refractivity contribution in [3.8, 4) is 5.75 Å². The SMILES string of the molecule is CCOC(=O)C1=C(CN2CCN(C(=O)c3ccc(OC)cc3)[C@@H](C)C2)N(C)C(=O)N[C@@H]1c1ccccc1C. The molecule has 0 radical (unpaired) electrons. The van der Waals surface area contributed by atoms with Crippen molar-refractivity contribution in [3.63, 3.8) is 0 Å². The normalized spacial score (nSPS) is 20.3. The number of hydrogen-bond acceptors (Lipinski definition) is 6. The molecule has 3 amide bonds. The predicted molar refractivity (Wildman–Crippen MR) is 144 cm³/mol.